The van der Waals surface area contributed by atoms with E-state index >= 15 is 0 Å². The normalized spacial score (nSPS) is 24.5. The molecule has 112 valence electrons. The predicted molar refractivity (Wildman–Crippen MR) is 81.0 cm³/mol. The molecular formula is C15H20Cl2FNO. The fourth-order valence-corrected chi connectivity index (χ4v) is 2.97. The molecule has 2 unspecified atom stereocenters. The highest BCUT2D eigenvalue weighted by Crippen LogP contribution is 2.32. The van der Waals surface area contributed by atoms with E-state index < -0.39 is 5.82 Å². The highest BCUT2D eigenvalue weighted by molar-refractivity contribution is 6.35. The van der Waals surface area contributed by atoms with E-state index in [0.717, 1.165) is 6.42 Å². The lowest BCUT2D eigenvalue weighted by molar-refractivity contribution is 0.0652. The predicted octanol–water partition coefficient (Wildman–Crippen LogP) is 4.60. The van der Waals surface area contributed by atoms with Crippen molar-refractivity contribution in [3.8, 4) is 0 Å². The SMILES string of the molecule is CC(C)(C)C1CCOC(c2cc(F)c(Cl)cc2Cl)CN1. The Morgan fingerprint density at radius 1 is 1.25 bits per heavy atom. The highest BCUT2D eigenvalue weighted by atomic mass is 35.5. The Bertz CT molecular complexity index is 487. The fourth-order valence-electron chi connectivity index (χ4n) is 2.46. The van der Waals surface area contributed by atoms with Crippen LogP contribution < -0.4 is 5.32 Å². The van der Waals surface area contributed by atoms with Gasteiger partial charge in [-0.3, -0.25) is 0 Å². The van der Waals surface area contributed by atoms with Crippen molar-refractivity contribution in [1.29, 1.82) is 0 Å². The molecule has 1 aromatic carbocycles. The molecule has 0 spiro atoms. The first-order valence-electron chi connectivity index (χ1n) is 6.78. The lowest BCUT2D eigenvalue weighted by Crippen LogP contribution is -2.40. The Morgan fingerprint density at radius 2 is 1.95 bits per heavy atom. The summed E-state index contributed by atoms with van der Waals surface area (Å²) in [6, 6.07) is 3.17. The maximum atomic E-state index is 13.6. The van der Waals surface area contributed by atoms with E-state index in [0.29, 0.717) is 29.8 Å². The average molecular weight is 320 g/mol. The smallest absolute Gasteiger partial charge is 0.142 e. The first-order valence-corrected chi connectivity index (χ1v) is 7.54. The van der Waals surface area contributed by atoms with E-state index in [4.69, 9.17) is 27.9 Å². The summed E-state index contributed by atoms with van der Waals surface area (Å²) in [5.74, 6) is -0.466. The van der Waals surface area contributed by atoms with Gasteiger partial charge in [-0.15, -0.1) is 0 Å². The van der Waals surface area contributed by atoms with Crippen LogP contribution in [0.4, 0.5) is 4.39 Å². The minimum absolute atomic E-state index is 0.0351. The molecule has 1 saturated heterocycles. The Labute approximate surface area is 129 Å². The molecule has 20 heavy (non-hydrogen) atoms. The van der Waals surface area contributed by atoms with Crippen molar-refractivity contribution in [3.63, 3.8) is 0 Å². The van der Waals surface area contributed by atoms with Crippen LogP contribution in [0.15, 0.2) is 12.1 Å². The standard InChI is InChI=1S/C15H20Cl2FNO/c1-15(2,3)14-4-5-20-13(8-19-14)9-6-12(18)11(17)7-10(9)16/h6-7,13-14,19H,4-5,8H2,1-3H3. The van der Waals surface area contributed by atoms with Crippen molar-refractivity contribution in [2.75, 3.05) is 13.2 Å². The molecule has 1 aromatic rings. The second kappa shape index (κ2) is 6.18. The van der Waals surface area contributed by atoms with Crippen molar-refractivity contribution >= 4 is 23.2 Å². The van der Waals surface area contributed by atoms with Crippen LogP contribution in [0, 0.1) is 11.2 Å². The maximum Gasteiger partial charge on any atom is 0.142 e. The largest absolute Gasteiger partial charge is 0.372 e. The van der Waals surface area contributed by atoms with Crippen LogP contribution in [0.1, 0.15) is 38.9 Å². The number of ether oxygens (including phenoxy) is 1. The quantitative estimate of drug-likeness (QED) is 0.764. The third kappa shape index (κ3) is 3.64. The number of hydrogen-bond donors (Lipinski definition) is 1. The van der Waals surface area contributed by atoms with E-state index in [2.05, 4.69) is 26.1 Å². The molecule has 0 aliphatic carbocycles. The zero-order valence-electron chi connectivity index (χ0n) is 12.0. The first-order chi connectivity index (χ1) is 9.29. The fraction of sp³-hybridized carbons (Fsp3) is 0.600. The molecule has 1 fully saturated rings. The van der Waals surface area contributed by atoms with Gasteiger partial charge in [0.2, 0.25) is 0 Å². The van der Waals surface area contributed by atoms with Gasteiger partial charge in [-0.05, 0) is 24.0 Å². The molecule has 0 bridgehead atoms. The Balaban J connectivity index is 2.17. The van der Waals surface area contributed by atoms with E-state index in [9.17, 15) is 4.39 Å². The molecule has 0 saturated carbocycles. The zero-order valence-corrected chi connectivity index (χ0v) is 13.5. The van der Waals surface area contributed by atoms with Gasteiger partial charge in [-0.25, -0.2) is 4.39 Å². The highest BCUT2D eigenvalue weighted by Gasteiger charge is 2.29. The summed E-state index contributed by atoms with van der Waals surface area (Å²) in [4.78, 5) is 0. The van der Waals surface area contributed by atoms with Crippen molar-refractivity contribution in [2.45, 2.75) is 39.3 Å². The molecule has 0 radical (unpaired) electrons. The number of rotatable bonds is 1. The number of benzene rings is 1. The number of hydrogen-bond acceptors (Lipinski definition) is 2. The van der Waals surface area contributed by atoms with E-state index in [1.165, 1.54) is 12.1 Å². The topological polar surface area (TPSA) is 21.3 Å². The minimum Gasteiger partial charge on any atom is -0.372 e. The van der Waals surface area contributed by atoms with Gasteiger partial charge in [0.15, 0.2) is 0 Å². The summed E-state index contributed by atoms with van der Waals surface area (Å²) in [6.45, 7) is 7.82. The van der Waals surface area contributed by atoms with Crippen LogP contribution in [-0.2, 0) is 4.74 Å². The first kappa shape index (κ1) is 16.0. The van der Waals surface area contributed by atoms with E-state index in [1.54, 1.807) is 0 Å². The molecule has 2 nitrogen and oxygen atoms in total. The zero-order chi connectivity index (χ0) is 14.9. The lowest BCUT2D eigenvalue weighted by atomic mass is 9.85. The van der Waals surface area contributed by atoms with Crippen LogP contribution >= 0.6 is 23.2 Å². The molecule has 0 amide bonds. The van der Waals surface area contributed by atoms with Gasteiger partial charge >= 0.3 is 0 Å². The van der Waals surface area contributed by atoms with E-state index in [-0.39, 0.29) is 16.5 Å². The molecule has 1 aliphatic rings. The third-order valence-electron chi connectivity index (χ3n) is 3.71. The minimum atomic E-state index is -0.466. The molecule has 1 N–H and O–H groups in total. The van der Waals surface area contributed by atoms with Gasteiger partial charge in [-0.1, -0.05) is 44.0 Å². The molecule has 0 aromatic heterocycles. The van der Waals surface area contributed by atoms with Gasteiger partial charge < -0.3 is 10.1 Å². The van der Waals surface area contributed by atoms with Gasteiger partial charge in [0.05, 0.1) is 11.1 Å². The summed E-state index contributed by atoms with van der Waals surface area (Å²) in [7, 11) is 0. The summed E-state index contributed by atoms with van der Waals surface area (Å²) in [5, 5.41) is 3.97. The summed E-state index contributed by atoms with van der Waals surface area (Å²) in [5.41, 5.74) is 0.809. The summed E-state index contributed by atoms with van der Waals surface area (Å²) in [6.07, 6.45) is 0.676. The Morgan fingerprint density at radius 3 is 2.60 bits per heavy atom. The lowest BCUT2D eigenvalue weighted by Gasteiger charge is -2.30. The number of nitrogens with one attached hydrogen (secondary N) is 1. The maximum absolute atomic E-state index is 13.6. The van der Waals surface area contributed by atoms with Crippen LogP contribution in [0.2, 0.25) is 10.0 Å². The molecule has 1 aliphatic heterocycles. The third-order valence-corrected chi connectivity index (χ3v) is 4.32. The van der Waals surface area contributed by atoms with Gasteiger partial charge in [0.25, 0.3) is 0 Å². The van der Waals surface area contributed by atoms with Crippen LogP contribution in [0.5, 0.6) is 0 Å². The second-order valence-electron chi connectivity index (χ2n) is 6.26. The Hall–Kier alpha value is -0.350. The monoisotopic (exact) mass is 319 g/mol. The number of halogens is 3. The van der Waals surface area contributed by atoms with Crippen molar-refractivity contribution < 1.29 is 9.13 Å². The summed E-state index contributed by atoms with van der Waals surface area (Å²) >= 11 is 11.9. The van der Waals surface area contributed by atoms with Gasteiger partial charge in [-0.2, -0.15) is 0 Å². The van der Waals surface area contributed by atoms with Crippen molar-refractivity contribution in [3.05, 3.63) is 33.6 Å². The second-order valence-corrected chi connectivity index (χ2v) is 7.08. The van der Waals surface area contributed by atoms with E-state index in [1.807, 2.05) is 0 Å². The Kier molecular flexibility index (Phi) is 4.96. The van der Waals surface area contributed by atoms with Gasteiger partial charge in [0.1, 0.15) is 5.82 Å². The van der Waals surface area contributed by atoms with Crippen LogP contribution in [-0.4, -0.2) is 19.2 Å². The molecular weight excluding hydrogens is 300 g/mol. The molecule has 2 atom stereocenters. The van der Waals surface area contributed by atoms with Gasteiger partial charge in [0, 0.05) is 29.8 Å². The van der Waals surface area contributed by atoms with Crippen molar-refractivity contribution in [1.82, 2.24) is 5.32 Å². The van der Waals surface area contributed by atoms with Crippen LogP contribution in [0.3, 0.4) is 0 Å². The molecule has 1 heterocycles. The average Bonchev–Trinajstić information content (AvgIpc) is 2.59. The molecule has 5 heteroatoms. The summed E-state index contributed by atoms with van der Waals surface area (Å²) < 4.78 is 19.4. The molecule has 2 rings (SSSR count). The van der Waals surface area contributed by atoms with Crippen molar-refractivity contribution in [2.24, 2.45) is 5.41 Å². The van der Waals surface area contributed by atoms with Crippen LogP contribution in [0.25, 0.3) is 0 Å².